The largest absolute Gasteiger partial charge is 0.465 e. The molecule has 0 atom stereocenters. The molecule has 3 nitrogen and oxygen atoms in total. The molecule has 0 aliphatic rings. The van der Waals surface area contributed by atoms with Crippen LogP contribution in [0.1, 0.15) is 15.9 Å². The molecule has 0 aliphatic carbocycles. The standard InChI is InChI=1S/C17H15NO2/c1-20-17(19)15-11-5-6-12-16(15)18-13-7-10-14-8-3-2-4-9-14/h2-13H,1H3/b10-7+,18-13+. The van der Waals surface area contributed by atoms with Gasteiger partial charge in [-0.3, -0.25) is 4.99 Å². The number of hydrogen-bond acceptors (Lipinski definition) is 3. The number of benzene rings is 2. The summed E-state index contributed by atoms with van der Waals surface area (Å²) in [5.41, 5.74) is 2.15. The van der Waals surface area contributed by atoms with Crippen LogP contribution in [0.15, 0.2) is 65.7 Å². The minimum atomic E-state index is -0.384. The summed E-state index contributed by atoms with van der Waals surface area (Å²) in [6.45, 7) is 0. The van der Waals surface area contributed by atoms with E-state index in [4.69, 9.17) is 4.74 Å². The topological polar surface area (TPSA) is 38.7 Å². The molecule has 0 fully saturated rings. The molecule has 100 valence electrons. The van der Waals surface area contributed by atoms with Crippen LogP contribution in [0.4, 0.5) is 5.69 Å². The molecule has 0 bridgehead atoms. The van der Waals surface area contributed by atoms with Gasteiger partial charge in [0.05, 0.1) is 18.4 Å². The van der Waals surface area contributed by atoms with E-state index in [0.717, 1.165) is 5.56 Å². The van der Waals surface area contributed by atoms with Crippen molar-refractivity contribution in [2.75, 3.05) is 7.11 Å². The first-order valence-electron chi connectivity index (χ1n) is 6.24. The molecule has 2 rings (SSSR count). The third-order valence-electron chi connectivity index (χ3n) is 2.70. The van der Waals surface area contributed by atoms with Crippen molar-refractivity contribution in [2.24, 2.45) is 4.99 Å². The lowest BCUT2D eigenvalue weighted by Crippen LogP contribution is -2.00. The monoisotopic (exact) mass is 265 g/mol. The molecule has 2 aromatic rings. The number of nitrogens with zero attached hydrogens (tertiary/aromatic N) is 1. The number of esters is 1. The number of ether oxygens (including phenoxy) is 1. The quantitative estimate of drug-likeness (QED) is 0.621. The Bertz CT molecular complexity index is 630. The second kappa shape index (κ2) is 7.04. The van der Waals surface area contributed by atoms with E-state index < -0.39 is 0 Å². The fourth-order valence-electron chi connectivity index (χ4n) is 1.71. The minimum absolute atomic E-state index is 0.384. The second-order valence-corrected chi connectivity index (χ2v) is 4.06. The molecule has 3 heteroatoms. The van der Waals surface area contributed by atoms with Gasteiger partial charge in [0.1, 0.15) is 0 Å². The average molecular weight is 265 g/mol. The van der Waals surface area contributed by atoms with Crippen LogP contribution in [0.3, 0.4) is 0 Å². The lowest BCUT2D eigenvalue weighted by atomic mass is 10.2. The summed E-state index contributed by atoms with van der Waals surface area (Å²) >= 11 is 0. The molecule has 0 heterocycles. The zero-order chi connectivity index (χ0) is 14.2. The third kappa shape index (κ3) is 3.65. The second-order valence-electron chi connectivity index (χ2n) is 4.06. The maximum Gasteiger partial charge on any atom is 0.340 e. The van der Waals surface area contributed by atoms with Gasteiger partial charge in [-0.15, -0.1) is 0 Å². The highest BCUT2D eigenvalue weighted by atomic mass is 16.5. The fraction of sp³-hybridized carbons (Fsp3) is 0.0588. The molecule has 20 heavy (non-hydrogen) atoms. The van der Waals surface area contributed by atoms with Crippen molar-refractivity contribution in [3.63, 3.8) is 0 Å². The average Bonchev–Trinajstić information content (AvgIpc) is 2.52. The number of allylic oxidation sites excluding steroid dienone is 1. The zero-order valence-corrected chi connectivity index (χ0v) is 11.2. The summed E-state index contributed by atoms with van der Waals surface area (Å²) in [5, 5.41) is 0. The molecule has 2 aromatic carbocycles. The fourth-order valence-corrected chi connectivity index (χ4v) is 1.71. The Hall–Kier alpha value is -2.68. The number of methoxy groups -OCH3 is 1. The highest BCUT2D eigenvalue weighted by Crippen LogP contribution is 2.18. The molecule has 0 saturated carbocycles. The van der Waals surface area contributed by atoms with Crippen molar-refractivity contribution < 1.29 is 9.53 Å². The van der Waals surface area contributed by atoms with Gasteiger partial charge in [-0.25, -0.2) is 4.79 Å². The first-order chi connectivity index (χ1) is 9.81. The van der Waals surface area contributed by atoms with Gasteiger partial charge < -0.3 is 4.74 Å². The minimum Gasteiger partial charge on any atom is -0.465 e. The van der Waals surface area contributed by atoms with E-state index in [1.54, 1.807) is 24.4 Å². The van der Waals surface area contributed by atoms with Crippen LogP contribution in [0.5, 0.6) is 0 Å². The summed E-state index contributed by atoms with van der Waals surface area (Å²) < 4.78 is 4.72. The maximum atomic E-state index is 11.6. The highest BCUT2D eigenvalue weighted by molar-refractivity contribution is 5.96. The number of hydrogen-bond donors (Lipinski definition) is 0. The Balaban J connectivity index is 2.12. The summed E-state index contributed by atoms with van der Waals surface area (Å²) in [6, 6.07) is 17.0. The van der Waals surface area contributed by atoms with Crippen molar-refractivity contribution in [2.45, 2.75) is 0 Å². The van der Waals surface area contributed by atoms with Crippen LogP contribution >= 0.6 is 0 Å². The van der Waals surface area contributed by atoms with E-state index in [-0.39, 0.29) is 5.97 Å². The Kier molecular flexibility index (Phi) is 4.84. The third-order valence-corrected chi connectivity index (χ3v) is 2.70. The van der Waals surface area contributed by atoms with Gasteiger partial charge in [0.25, 0.3) is 0 Å². The number of rotatable bonds is 4. The van der Waals surface area contributed by atoms with E-state index in [9.17, 15) is 4.79 Å². The number of para-hydroxylation sites is 1. The summed E-state index contributed by atoms with van der Waals surface area (Å²) in [4.78, 5) is 15.9. The molecule has 0 spiro atoms. The van der Waals surface area contributed by atoms with Crippen LogP contribution in [-0.2, 0) is 4.74 Å². The van der Waals surface area contributed by atoms with E-state index in [2.05, 4.69) is 4.99 Å². The normalized spacial score (nSPS) is 11.1. The van der Waals surface area contributed by atoms with Crippen LogP contribution < -0.4 is 0 Å². The first kappa shape index (κ1) is 13.7. The molecule has 0 saturated heterocycles. The van der Waals surface area contributed by atoms with Crippen molar-refractivity contribution in [3.8, 4) is 0 Å². The van der Waals surface area contributed by atoms with Gasteiger partial charge in [-0.05, 0) is 23.8 Å². The molecular weight excluding hydrogens is 250 g/mol. The molecule has 0 radical (unpaired) electrons. The predicted octanol–water partition coefficient (Wildman–Crippen LogP) is 3.89. The predicted molar refractivity (Wildman–Crippen MR) is 81.4 cm³/mol. The van der Waals surface area contributed by atoms with E-state index in [1.807, 2.05) is 48.6 Å². The van der Waals surface area contributed by atoms with Crippen molar-refractivity contribution in [1.29, 1.82) is 0 Å². The van der Waals surface area contributed by atoms with Crippen LogP contribution in [0, 0.1) is 0 Å². The SMILES string of the molecule is COC(=O)c1ccccc1/N=C/C=C/c1ccccc1. The van der Waals surface area contributed by atoms with Crippen molar-refractivity contribution in [3.05, 3.63) is 71.8 Å². The Morgan fingerprint density at radius 3 is 2.50 bits per heavy atom. The van der Waals surface area contributed by atoms with Gasteiger partial charge in [0.2, 0.25) is 0 Å². The van der Waals surface area contributed by atoms with E-state index >= 15 is 0 Å². The van der Waals surface area contributed by atoms with Gasteiger partial charge in [0.15, 0.2) is 0 Å². The zero-order valence-electron chi connectivity index (χ0n) is 11.2. The smallest absolute Gasteiger partial charge is 0.340 e. The van der Waals surface area contributed by atoms with Crippen LogP contribution in [-0.4, -0.2) is 19.3 Å². The lowest BCUT2D eigenvalue weighted by molar-refractivity contribution is 0.0602. The lowest BCUT2D eigenvalue weighted by Gasteiger charge is -2.01. The Labute approximate surface area is 118 Å². The molecule has 0 unspecified atom stereocenters. The number of carbonyl (C=O) groups excluding carboxylic acids is 1. The van der Waals surface area contributed by atoms with Crippen LogP contribution in [0.2, 0.25) is 0 Å². The summed E-state index contributed by atoms with van der Waals surface area (Å²) in [5.74, 6) is -0.384. The molecule has 0 aliphatic heterocycles. The molecule has 0 N–H and O–H groups in total. The number of carbonyl (C=O) groups is 1. The van der Waals surface area contributed by atoms with E-state index in [1.165, 1.54) is 7.11 Å². The molecule has 0 aromatic heterocycles. The van der Waals surface area contributed by atoms with Gasteiger partial charge in [-0.1, -0.05) is 48.5 Å². The van der Waals surface area contributed by atoms with Gasteiger partial charge >= 0.3 is 5.97 Å². The molecular formula is C17H15NO2. The Morgan fingerprint density at radius 2 is 1.75 bits per heavy atom. The molecule has 0 amide bonds. The van der Waals surface area contributed by atoms with Gasteiger partial charge in [-0.2, -0.15) is 0 Å². The van der Waals surface area contributed by atoms with E-state index in [0.29, 0.717) is 11.3 Å². The number of aliphatic imine (C=N–C) groups is 1. The van der Waals surface area contributed by atoms with Crippen LogP contribution in [0.25, 0.3) is 6.08 Å². The van der Waals surface area contributed by atoms with Crippen molar-refractivity contribution >= 4 is 23.9 Å². The summed E-state index contributed by atoms with van der Waals surface area (Å²) in [6.07, 6.45) is 5.45. The van der Waals surface area contributed by atoms with Gasteiger partial charge in [0, 0.05) is 6.21 Å². The summed E-state index contributed by atoms with van der Waals surface area (Å²) in [7, 11) is 1.36. The van der Waals surface area contributed by atoms with Crippen molar-refractivity contribution in [1.82, 2.24) is 0 Å². The first-order valence-corrected chi connectivity index (χ1v) is 6.24. The highest BCUT2D eigenvalue weighted by Gasteiger charge is 2.08. The maximum absolute atomic E-state index is 11.6. The Morgan fingerprint density at radius 1 is 1.05 bits per heavy atom.